The lowest BCUT2D eigenvalue weighted by Gasteiger charge is -2.31. The highest BCUT2D eigenvalue weighted by molar-refractivity contribution is 5.94. The molecule has 1 amide bonds. The second-order valence-electron chi connectivity index (χ2n) is 7.04. The second kappa shape index (κ2) is 11.1. The number of amides is 1. The summed E-state index contributed by atoms with van der Waals surface area (Å²) >= 11 is 0. The number of carbonyl (C=O) groups excluding carboxylic acids is 1. The topological polar surface area (TPSA) is 45.2 Å². The number of aromatic nitrogens is 1. The summed E-state index contributed by atoms with van der Waals surface area (Å²) in [6.07, 6.45) is 7.11. The van der Waals surface area contributed by atoms with E-state index in [1.54, 1.807) is 6.20 Å². The van der Waals surface area contributed by atoms with Crippen molar-refractivity contribution in [3.8, 4) is 0 Å². The molecule has 2 aromatic rings. The quantitative estimate of drug-likeness (QED) is 0.806. The van der Waals surface area contributed by atoms with E-state index in [1.165, 1.54) is 5.56 Å². The van der Waals surface area contributed by atoms with Crippen LogP contribution in [0.25, 0.3) is 0 Å². The zero-order chi connectivity index (χ0) is 18.2. The summed E-state index contributed by atoms with van der Waals surface area (Å²) in [5.74, 6) is 0.116. The van der Waals surface area contributed by atoms with E-state index in [4.69, 9.17) is 0 Å². The summed E-state index contributed by atoms with van der Waals surface area (Å²) in [5.41, 5.74) is 3.01. The average molecular weight is 388 g/mol. The lowest BCUT2D eigenvalue weighted by molar-refractivity contribution is 0.0642. The standard InChI is InChI=1S/C22H29N3O.ClH/c1-2-6-18-9-11-19(12-10-18)22(26)25(17-20-7-3-4-15-24-20)21-8-5-14-23-16-13-21;/h3-4,7,9-12,15,21,23H,2,5-6,8,13-14,16-17H2,1H3;1H. The van der Waals surface area contributed by atoms with E-state index in [0.717, 1.165) is 56.5 Å². The molecule has 0 radical (unpaired) electrons. The fourth-order valence-corrected chi connectivity index (χ4v) is 3.61. The fraction of sp³-hybridized carbons (Fsp3) is 0.455. The Labute approximate surface area is 168 Å². The number of carbonyl (C=O) groups is 1. The van der Waals surface area contributed by atoms with Gasteiger partial charge in [-0.15, -0.1) is 12.4 Å². The van der Waals surface area contributed by atoms with Crippen molar-refractivity contribution in [2.45, 2.75) is 51.6 Å². The smallest absolute Gasteiger partial charge is 0.254 e. The molecule has 1 saturated heterocycles. The molecule has 5 heteroatoms. The highest BCUT2D eigenvalue weighted by atomic mass is 35.5. The number of hydrogen-bond donors (Lipinski definition) is 1. The molecular formula is C22H30ClN3O. The molecule has 0 saturated carbocycles. The number of nitrogens with zero attached hydrogens (tertiary/aromatic N) is 2. The first-order valence-electron chi connectivity index (χ1n) is 9.78. The number of rotatable bonds is 6. The van der Waals surface area contributed by atoms with Crippen molar-refractivity contribution in [3.05, 3.63) is 65.5 Å². The molecule has 3 rings (SSSR count). The van der Waals surface area contributed by atoms with E-state index in [-0.39, 0.29) is 24.4 Å². The van der Waals surface area contributed by atoms with Gasteiger partial charge in [0.1, 0.15) is 0 Å². The van der Waals surface area contributed by atoms with E-state index >= 15 is 0 Å². The first kappa shape index (κ1) is 21.4. The predicted octanol–water partition coefficient (Wildman–Crippen LogP) is 4.24. The van der Waals surface area contributed by atoms with Gasteiger partial charge in [-0.3, -0.25) is 9.78 Å². The molecule has 1 N–H and O–H groups in total. The summed E-state index contributed by atoms with van der Waals surface area (Å²) in [4.78, 5) is 19.8. The first-order chi connectivity index (χ1) is 12.8. The maximum atomic E-state index is 13.3. The highest BCUT2D eigenvalue weighted by Gasteiger charge is 2.26. The van der Waals surface area contributed by atoms with Gasteiger partial charge in [0.15, 0.2) is 0 Å². The van der Waals surface area contributed by atoms with Crippen LogP contribution in [0.2, 0.25) is 0 Å². The number of aryl methyl sites for hydroxylation is 1. The minimum atomic E-state index is 0. The minimum Gasteiger partial charge on any atom is -0.330 e. The van der Waals surface area contributed by atoms with Crippen LogP contribution < -0.4 is 5.32 Å². The molecule has 4 nitrogen and oxygen atoms in total. The molecule has 0 bridgehead atoms. The molecule has 2 heterocycles. The zero-order valence-electron chi connectivity index (χ0n) is 16.1. The van der Waals surface area contributed by atoms with Gasteiger partial charge in [-0.2, -0.15) is 0 Å². The molecular weight excluding hydrogens is 358 g/mol. The third-order valence-corrected chi connectivity index (χ3v) is 5.04. The molecule has 1 aromatic heterocycles. The summed E-state index contributed by atoms with van der Waals surface area (Å²) in [6, 6.07) is 14.3. The van der Waals surface area contributed by atoms with Crippen molar-refractivity contribution in [3.63, 3.8) is 0 Å². The Kier molecular flexibility index (Phi) is 8.76. The SMILES string of the molecule is CCCc1ccc(C(=O)N(Cc2ccccn2)C2CCCNCC2)cc1.Cl. The predicted molar refractivity (Wildman–Crippen MR) is 112 cm³/mol. The second-order valence-corrected chi connectivity index (χ2v) is 7.04. The van der Waals surface area contributed by atoms with E-state index in [0.29, 0.717) is 6.54 Å². The van der Waals surface area contributed by atoms with Crippen molar-refractivity contribution < 1.29 is 4.79 Å². The Morgan fingerprint density at radius 3 is 2.67 bits per heavy atom. The van der Waals surface area contributed by atoms with Crippen LogP contribution in [0.4, 0.5) is 0 Å². The molecule has 1 unspecified atom stereocenters. The van der Waals surface area contributed by atoms with Crippen LogP contribution in [-0.4, -0.2) is 34.9 Å². The van der Waals surface area contributed by atoms with Crippen LogP contribution in [0.3, 0.4) is 0 Å². The third-order valence-electron chi connectivity index (χ3n) is 5.04. The normalized spacial score (nSPS) is 16.9. The van der Waals surface area contributed by atoms with Gasteiger partial charge in [0.25, 0.3) is 5.91 Å². The summed E-state index contributed by atoms with van der Waals surface area (Å²) < 4.78 is 0. The molecule has 1 aliphatic heterocycles. The van der Waals surface area contributed by atoms with Crippen LogP contribution in [0.15, 0.2) is 48.7 Å². The van der Waals surface area contributed by atoms with Crippen molar-refractivity contribution >= 4 is 18.3 Å². The molecule has 1 aromatic carbocycles. The van der Waals surface area contributed by atoms with Crippen LogP contribution in [-0.2, 0) is 13.0 Å². The Morgan fingerprint density at radius 1 is 1.15 bits per heavy atom. The number of hydrogen-bond acceptors (Lipinski definition) is 3. The zero-order valence-corrected chi connectivity index (χ0v) is 16.9. The summed E-state index contributed by atoms with van der Waals surface area (Å²) in [7, 11) is 0. The Bertz CT molecular complexity index is 682. The van der Waals surface area contributed by atoms with E-state index < -0.39 is 0 Å². The average Bonchev–Trinajstić information content (AvgIpc) is 2.97. The Morgan fingerprint density at radius 2 is 1.96 bits per heavy atom. The van der Waals surface area contributed by atoms with Gasteiger partial charge in [0.05, 0.1) is 12.2 Å². The third kappa shape index (κ3) is 6.05. The number of nitrogens with one attached hydrogen (secondary N) is 1. The molecule has 1 fully saturated rings. The van der Waals surface area contributed by atoms with Crippen LogP contribution in [0, 0.1) is 0 Å². The van der Waals surface area contributed by atoms with Crippen molar-refractivity contribution in [2.75, 3.05) is 13.1 Å². The molecule has 0 aliphatic carbocycles. The molecule has 0 spiro atoms. The van der Waals surface area contributed by atoms with Crippen LogP contribution in [0.5, 0.6) is 0 Å². The highest BCUT2D eigenvalue weighted by Crippen LogP contribution is 2.20. The monoisotopic (exact) mass is 387 g/mol. The van der Waals surface area contributed by atoms with Crippen LogP contribution in [0.1, 0.15) is 54.2 Å². The minimum absolute atomic E-state index is 0. The van der Waals surface area contributed by atoms with Crippen LogP contribution >= 0.6 is 12.4 Å². The Balaban J connectivity index is 0.00000261. The first-order valence-corrected chi connectivity index (χ1v) is 9.78. The summed E-state index contributed by atoms with van der Waals surface area (Å²) in [6.45, 7) is 4.74. The number of benzene rings is 1. The van der Waals surface area contributed by atoms with E-state index in [9.17, 15) is 4.79 Å². The largest absolute Gasteiger partial charge is 0.330 e. The van der Waals surface area contributed by atoms with Crippen molar-refractivity contribution in [2.24, 2.45) is 0 Å². The summed E-state index contributed by atoms with van der Waals surface area (Å²) in [5, 5.41) is 3.44. The number of halogens is 1. The maximum absolute atomic E-state index is 13.3. The van der Waals surface area contributed by atoms with E-state index in [2.05, 4.69) is 29.4 Å². The lowest BCUT2D eigenvalue weighted by Crippen LogP contribution is -2.40. The lowest BCUT2D eigenvalue weighted by atomic mass is 10.0. The van der Waals surface area contributed by atoms with Crippen molar-refractivity contribution in [1.29, 1.82) is 0 Å². The van der Waals surface area contributed by atoms with Gasteiger partial charge in [-0.1, -0.05) is 31.5 Å². The maximum Gasteiger partial charge on any atom is 0.254 e. The molecule has 1 aliphatic rings. The van der Waals surface area contributed by atoms with Gasteiger partial charge in [0.2, 0.25) is 0 Å². The number of pyridine rings is 1. The fourth-order valence-electron chi connectivity index (χ4n) is 3.61. The Hall–Kier alpha value is -1.91. The van der Waals surface area contributed by atoms with Crippen molar-refractivity contribution in [1.82, 2.24) is 15.2 Å². The van der Waals surface area contributed by atoms with Gasteiger partial charge < -0.3 is 10.2 Å². The van der Waals surface area contributed by atoms with Gasteiger partial charge >= 0.3 is 0 Å². The molecule has 1 atom stereocenters. The van der Waals surface area contributed by atoms with Gasteiger partial charge in [0, 0.05) is 17.8 Å². The van der Waals surface area contributed by atoms with E-state index in [1.807, 2.05) is 35.2 Å². The van der Waals surface area contributed by atoms with Gasteiger partial charge in [-0.05, 0) is 68.6 Å². The van der Waals surface area contributed by atoms with Gasteiger partial charge in [-0.25, -0.2) is 0 Å². The molecule has 146 valence electrons. The molecule has 27 heavy (non-hydrogen) atoms.